The number of carbonyl (C=O) groups excluding carboxylic acids is 1. The van der Waals surface area contributed by atoms with Crippen molar-refractivity contribution in [1.82, 2.24) is 14.9 Å². The summed E-state index contributed by atoms with van der Waals surface area (Å²) in [6, 6.07) is 7.41. The van der Waals surface area contributed by atoms with Gasteiger partial charge in [-0.05, 0) is 30.9 Å². The number of benzene rings is 1. The molecule has 0 bridgehead atoms. The second-order valence-corrected chi connectivity index (χ2v) is 6.13. The van der Waals surface area contributed by atoms with Crippen LogP contribution in [0.2, 0.25) is 0 Å². The summed E-state index contributed by atoms with van der Waals surface area (Å²) in [5.41, 5.74) is 0.488. The molecule has 5 nitrogen and oxygen atoms in total. The summed E-state index contributed by atoms with van der Waals surface area (Å²) in [7, 11) is 0. The molecular weight excluding hydrogens is 278 g/mol. The van der Waals surface area contributed by atoms with Gasteiger partial charge in [0.2, 0.25) is 5.91 Å². The van der Waals surface area contributed by atoms with Crippen LogP contribution in [0.15, 0.2) is 35.4 Å². The largest absolute Gasteiger partial charge is 0.352 e. The highest BCUT2D eigenvalue weighted by Gasteiger charge is 2.22. The molecule has 2 aromatic rings. The standard InChI is InChI=1S/C17H21N3O2/c1-12-6-2-4-8-14(12)19-16(21)10-20-11-18-15-9-5-3-7-13(15)17(20)22/h3,5,7,9,11-12,14H,2,4,6,8,10H2,1H3,(H,19,21)/t12-,14+/m1/s1. The Morgan fingerprint density at radius 3 is 2.91 bits per heavy atom. The van der Waals surface area contributed by atoms with E-state index >= 15 is 0 Å². The van der Waals surface area contributed by atoms with Gasteiger partial charge in [0.1, 0.15) is 6.54 Å². The summed E-state index contributed by atoms with van der Waals surface area (Å²) >= 11 is 0. The molecule has 2 atom stereocenters. The van der Waals surface area contributed by atoms with Crippen LogP contribution >= 0.6 is 0 Å². The third kappa shape index (κ3) is 3.03. The number of para-hydroxylation sites is 1. The molecule has 1 aliphatic rings. The zero-order valence-corrected chi connectivity index (χ0v) is 12.8. The molecule has 5 heteroatoms. The molecule has 0 aliphatic heterocycles. The lowest BCUT2D eigenvalue weighted by Crippen LogP contribution is -2.43. The van der Waals surface area contributed by atoms with E-state index in [2.05, 4.69) is 17.2 Å². The number of fused-ring (bicyclic) bond motifs is 1. The molecule has 1 fully saturated rings. The van der Waals surface area contributed by atoms with Crippen LogP contribution in [0.1, 0.15) is 32.6 Å². The van der Waals surface area contributed by atoms with Crippen molar-refractivity contribution in [3.05, 3.63) is 40.9 Å². The monoisotopic (exact) mass is 299 g/mol. The zero-order chi connectivity index (χ0) is 15.5. The van der Waals surface area contributed by atoms with Crippen LogP contribution in [0, 0.1) is 5.92 Å². The lowest BCUT2D eigenvalue weighted by atomic mass is 9.86. The first-order valence-electron chi connectivity index (χ1n) is 7.88. The van der Waals surface area contributed by atoms with Gasteiger partial charge >= 0.3 is 0 Å². The fraction of sp³-hybridized carbons (Fsp3) is 0.471. The van der Waals surface area contributed by atoms with Crippen molar-refractivity contribution in [2.45, 2.75) is 45.2 Å². The van der Waals surface area contributed by atoms with Gasteiger partial charge in [-0.1, -0.05) is 31.9 Å². The highest BCUT2D eigenvalue weighted by atomic mass is 16.2. The Morgan fingerprint density at radius 2 is 2.09 bits per heavy atom. The Morgan fingerprint density at radius 1 is 1.32 bits per heavy atom. The van der Waals surface area contributed by atoms with E-state index in [0.29, 0.717) is 16.8 Å². The van der Waals surface area contributed by atoms with E-state index in [0.717, 1.165) is 19.3 Å². The average molecular weight is 299 g/mol. The highest BCUT2D eigenvalue weighted by molar-refractivity contribution is 5.79. The molecule has 0 spiro atoms. The van der Waals surface area contributed by atoms with Crippen molar-refractivity contribution in [3.8, 4) is 0 Å². The predicted octanol–water partition coefficient (Wildman–Crippen LogP) is 2.09. The first-order chi connectivity index (χ1) is 10.6. The molecule has 1 aliphatic carbocycles. The topological polar surface area (TPSA) is 64.0 Å². The van der Waals surface area contributed by atoms with Crippen LogP contribution in [0.3, 0.4) is 0 Å². The summed E-state index contributed by atoms with van der Waals surface area (Å²) in [6.07, 6.45) is 6.03. The van der Waals surface area contributed by atoms with Gasteiger partial charge in [0.15, 0.2) is 0 Å². The van der Waals surface area contributed by atoms with Gasteiger partial charge in [0.05, 0.1) is 17.2 Å². The minimum Gasteiger partial charge on any atom is -0.352 e. The van der Waals surface area contributed by atoms with Crippen LogP contribution in [-0.2, 0) is 11.3 Å². The number of amides is 1. The Balaban J connectivity index is 1.74. The van der Waals surface area contributed by atoms with E-state index in [1.54, 1.807) is 18.2 Å². The van der Waals surface area contributed by atoms with Crippen LogP contribution in [-0.4, -0.2) is 21.5 Å². The summed E-state index contributed by atoms with van der Waals surface area (Å²) in [5.74, 6) is 0.391. The molecule has 22 heavy (non-hydrogen) atoms. The molecule has 1 amide bonds. The minimum absolute atomic E-state index is 0.0277. The van der Waals surface area contributed by atoms with Gasteiger partial charge in [-0.3, -0.25) is 14.2 Å². The Kier molecular flexibility index (Phi) is 4.22. The normalized spacial score (nSPS) is 21.7. The Bertz CT molecular complexity index is 738. The molecular formula is C17H21N3O2. The molecule has 0 saturated heterocycles. The first-order valence-corrected chi connectivity index (χ1v) is 7.88. The second kappa shape index (κ2) is 6.30. The van der Waals surface area contributed by atoms with Crippen molar-refractivity contribution < 1.29 is 4.79 Å². The van der Waals surface area contributed by atoms with E-state index in [9.17, 15) is 9.59 Å². The van der Waals surface area contributed by atoms with Gasteiger partial charge in [-0.2, -0.15) is 0 Å². The summed E-state index contributed by atoms with van der Waals surface area (Å²) < 4.78 is 1.38. The smallest absolute Gasteiger partial charge is 0.261 e. The maximum Gasteiger partial charge on any atom is 0.261 e. The van der Waals surface area contributed by atoms with Crippen LogP contribution < -0.4 is 10.9 Å². The number of nitrogens with zero attached hydrogens (tertiary/aromatic N) is 2. The van der Waals surface area contributed by atoms with Gasteiger partial charge in [-0.25, -0.2) is 4.98 Å². The molecule has 1 aromatic heterocycles. The molecule has 1 aromatic carbocycles. The SMILES string of the molecule is C[C@@H]1CCCC[C@@H]1NC(=O)Cn1cnc2ccccc2c1=O. The summed E-state index contributed by atoms with van der Waals surface area (Å²) in [5, 5.41) is 3.61. The van der Waals surface area contributed by atoms with Crippen molar-refractivity contribution in [2.24, 2.45) is 5.92 Å². The van der Waals surface area contributed by atoms with E-state index in [4.69, 9.17) is 0 Å². The van der Waals surface area contributed by atoms with E-state index < -0.39 is 0 Å². The Hall–Kier alpha value is -2.17. The van der Waals surface area contributed by atoms with Crippen molar-refractivity contribution in [1.29, 1.82) is 0 Å². The number of hydrogen-bond acceptors (Lipinski definition) is 3. The lowest BCUT2D eigenvalue weighted by Gasteiger charge is -2.29. The maximum atomic E-state index is 12.4. The van der Waals surface area contributed by atoms with Gasteiger partial charge < -0.3 is 5.32 Å². The summed E-state index contributed by atoms with van der Waals surface area (Å²) in [6.45, 7) is 2.20. The lowest BCUT2D eigenvalue weighted by molar-refractivity contribution is -0.123. The number of nitrogens with one attached hydrogen (secondary N) is 1. The first kappa shape index (κ1) is 14.8. The number of hydrogen-bond donors (Lipinski definition) is 1. The molecule has 3 rings (SSSR count). The minimum atomic E-state index is -0.169. The van der Waals surface area contributed by atoms with E-state index in [1.165, 1.54) is 17.3 Å². The van der Waals surface area contributed by atoms with Crippen LogP contribution in [0.4, 0.5) is 0 Å². The second-order valence-electron chi connectivity index (χ2n) is 6.13. The van der Waals surface area contributed by atoms with Crippen molar-refractivity contribution in [3.63, 3.8) is 0 Å². The van der Waals surface area contributed by atoms with Gasteiger partial charge in [-0.15, -0.1) is 0 Å². The third-order valence-corrected chi connectivity index (χ3v) is 4.50. The van der Waals surface area contributed by atoms with Gasteiger partial charge in [0, 0.05) is 6.04 Å². The van der Waals surface area contributed by atoms with Gasteiger partial charge in [0.25, 0.3) is 5.56 Å². The highest BCUT2D eigenvalue weighted by Crippen LogP contribution is 2.23. The zero-order valence-electron chi connectivity index (χ0n) is 12.8. The quantitative estimate of drug-likeness (QED) is 0.944. The molecule has 1 saturated carbocycles. The fourth-order valence-corrected chi connectivity index (χ4v) is 3.16. The fourth-order valence-electron chi connectivity index (χ4n) is 3.16. The Labute approximate surface area is 129 Å². The number of carbonyl (C=O) groups is 1. The van der Waals surface area contributed by atoms with E-state index in [1.807, 2.05) is 6.07 Å². The third-order valence-electron chi connectivity index (χ3n) is 4.50. The van der Waals surface area contributed by atoms with Crippen LogP contribution in [0.25, 0.3) is 10.9 Å². The molecule has 1 N–H and O–H groups in total. The van der Waals surface area contributed by atoms with E-state index in [-0.39, 0.29) is 24.1 Å². The number of rotatable bonds is 3. The molecule has 0 unspecified atom stereocenters. The molecule has 1 heterocycles. The predicted molar refractivity (Wildman–Crippen MR) is 85.6 cm³/mol. The maximum absolute atomic E-state index is 12.4. The molecule has 0 radical (unpaired) electrons. The van der Waals surface area contributed by atoms with Crippen LogP contribution in [0.5, 0.6) is 0 Å². The van der Waals surface area contributed by atoms with Crippen molar-refractivity contribution >= 4 is 16.8 Å². The number of aromatic nitrogens is 2. The summed E-state index contributed by atoms with van der Waals surface area (Å²) in [4.78, 5) is 28.8. The average Bonchev–Trinajstić information content (AvgIpc) is 2.53. The molecule has 116 valence electrons. The van der Waals surface area contributed by atoms with Crippen molar-refractivity contribution in [2.75, 3.05) is 0 Å².